The van der Waals surface area contributed by atoms with Crippen molar-refractivity contribution in [1.82, 2.24) is 0 Å². The molecule has 8 nitrogen and oxygen atoms in total. The van der Waals surface area contributed by atoms with Crippen LogP contribution in [0, 0.1) is 5.41 Å². The quantitative estimate of drug-likeness (QED) is 0.219. The Labute approximate surface area is 242 Å². The standard InChI is InChI=1S/C31H50N3O5S/c1-8-34(9-2,10-3)17-18-37-19-20-38-21-22-39-28-14-11-26(12-15-28)33-24-31(4,5)25-40(35,36)30-16-13-27(32(6)7)23-29(30)33/h11-16,23H,8-10,17-22,24-25H2,1-7H3/q+1. The molecule has 2 aromatic rings. The van der Waals surface area contributed by atoms with Crippen LogP contribution in [0.5, 0.6) is 5.75 Å². The van der Waals surface area contributed by atoms with Crippen molar-refractivity contribution in [1.29, 1.82) is 0 Å². The Morgan fingerprint density at radius 3 is 2.08 bits per heavy atom. The fourth-order valence-electron chi connectivity index (χ4n) is 5.31. The number of quaternary nitrogens is 1. The van der Waals surface area contributed by atoms with Gasteiger partial charge < -0.3 is 28.5 Å². The highest BCUT2D eigenvalue weighted by atomic mass is 32.2. The van der Waals surface area contributed by atoms with Gasteiger partial charge >= 0.3 is 0 Å². The molecule has 0 aliphatic carbocycles. The number of rotatable bonds is 15. The molecular formula is C31H50N3O5S+. The van der Waals surface area contributed by atoms with Gasteiger partial charge in [0.15, 0.2) is 9.84 Å². The minimum absolute atomic E-state index is 0.104. The normalized spacial score (nSPS) is 16.3. The number of ether oxygens (including phenoxy) is 3. The van der Waals surface area contributed by atoms with Crippen molar-refractivity contribution in [3.63, 3.8) is 0 Å². The Bertz CT molecular complexity index is 1170. The Kier molecular flexibility index (Phi) is 11.3. The van der Waals surface area contributed by atoms with Crippen molar-refractivity contribution in [2.24, 2.45) is 5.41 Å². The summed E-state index contributed by atoms with van der Waals surface area (Å²) < 4.78 is 45.0. The van der Waals surface area contributed by atoms with Crippen LogP contribution in [0.15, 0.2) is 47.4 Å². The molecule has 0 atom stereocenters. The third kappa shape index (κ3) is 8.35. The zero-order valence-corrected chi connectivity index (χ0v) is 26.4. The fourth-order valence-corrected chi connectivity index (χ4v) is 7.34. The number of anilines is 3. The van der Waals surface area contributed by atoms with E-state index < -0.39 is 15.3 Å². The first kappa shape index (κ1) is 32.2. The molecule has 0 amide bonds. The van der Waals surface area contributed by atoms with Crippen LogP contribution >= 0.6 is 0 Å². The molecule has 0 unspecified atom stereocenters. The summed E-state index contributed by atoms with van der Waals surface area (Å²) in [5.74, 6) is 0.855. The highest BCUT2D eigenvalue weighted by Gasteiger charge is 2.37. The van der Waals surface area contributed by atoms with Crippen LogP contribution in [0.2, 0.25) is 0 Å². The van der Waals surface area contributed by atoms with E-state index in [2.05, 4.69) is 25.7 Å². The van der Waals surface area contributed by atoms with Crippen molar-refractivity contribution < 1.29 is 27.1 Å². The molecule has 40 heavy (non-hydrogen) atoms. The van der Waals surface area contributed by atoms with Crippen LogP contribution in [0.4, 0.5) is 17.1 Å². The lowest BCUT2D eigenvalue weighted by Gasteiger charge is -2.35. The second kappa shape index (κ2) is 14.0. The van der Waals surface area contributed by atoms with Gasteiger partial charge in [-0.2, -0.15) is 0 Å². The average Bonchev–Trinajstić information content (AvgIpc) is 3.00. The molecule has 3 rings (SSSR count). The van der Waals surface area contributed by atoms with E-state index in [0.717, 1.165) is 54.4 Å². The van der Waals surface area contributed by atoms with E-state index in [1.165, 1.54) is 0 Å². The van der Waals surface area contributed by atoms with Gasteiger partial charge in [0.1, 0.15) is 18.9 Å². The van der Waals surface area contributed by atoms with Crippen molar-refractivity contribution in [2.75, 3.05) is 95.4 Å². The predicted molar refractivity (Wildman–Crippen MR) is 164 cm³/mol. The van der Waals surface area contributed by atoms with Gasteiger partial charge in [-0.15, -0.1) is 0 Å². The molecule has 2 aromatic carbocycles. The Morgan fingerprint density at radius 2 is 1.48 bits per heavy atom. The maximum atomic E-state index is 13.3. The van der Waals surface area contributed by atoms with Gasteiger partial charge in [-0.3, -0.25) is 0 Å². The van der Waals surface area contributed by atoms with Crippen molar-refractivity contribution in [3.8, 4) is 5.75 Å². The number of hydrogen-bond donors (Lipinski definition) is 0. The molecular weight excluding hydrogens is 526 g/mol. The highest BCUT2D eigenvalue weighted by molar-refractivity contribution is 7.91. The summed E-state index contributed by atoms with van der Waals surface area (Å²) in [4.78, 5) is 4.48. The molecule has 0 radical (unpaired) electrons. The summed E-state index contributed by atoms with van der Waals surface area (Å²) in [5.41, 5.74) is 2.18. The van der Waals surface area contributed by atoms with Crippen LogP contribution in [0.3, 0.4) is 0 Å². The van der Waals surface area contributed by atoms with E-state index >= 15 is 0 Å². The van der Waals surface area contributed by atoms with Crippen molar-refractivity contribution in [2.45, 2.75) is 39.5 Å². The van der Waals surface area contributed by atoms with E-state index in [0.29, 0.717) is 43.6 Å². The van der Waals surface area contributed by atoms with E-state index in [1.807, 2.05) is 69.2 Å². The number of hydrogen-bond acceptors (Lipinski definition) is 7. The minimum Gasteiger partial charge on any atom is -0.491 e. The molecule has 1 aliphatic heterocycles. The Morgan fingerprint density at radius 1 is 0.875 bits per heavy atom. The van der Waals surface area contributed by atoms with E-state index in [9.17, 15) is 8.42 Å². The second-order valence-electron chi connectivity index (χ2n) is 11.6. The molecule has 1 aliphatic rings. The Balaban J connectivity index is 1.54. The van der Waals surface area contributed by atoms with E-state index in [4.69, 9.17) is 14.2 Å². The first-order valence-electron chi connectivity index (χ1n) is 14.5. The molecule has 224 valence electrons. The van der Waals surface area contributed by atoms with Crippen LogP contribution in [0.25, 0.3) is 0 Å². The van der Waals surface area contributed by atoms with E-state index in [1.54, 1.807) is 6.07 Å². The first-order chi connectivity index (χ1) is 19.0. The van der Waals surface area contributed by atoms with Crippen molar-refractivity contribution >= 4 is 26.9 Å². The van der Waals surface area contributed by atoms with Crippen LogP contribution in [-0.4, -0.2) is 98.5 Å². The summed E-state index contributed by atoms with van der Waals surface area (Å²) >= 11 is 0. The van der Waals surface area contributed by atoms with Crippen LogP contribution in [0.1, 0.15) is 34.6 Å². The topological polar surface area (TPSA) is 68.3 Å². The van der Waals surface area contributed by atoms with Gasteiger partial charge in [-0.05, 0) is 68.7 Å². The monoisotopic (exact) mass is 576 g/mol. The summed E-state index contributed by atoms with van der Waals surface area (Å²) in [5, 5.41) is 0. The number of nitrogens with zero attached hydrogens (tertiary/aromatic N) is 3. The Hall–Kier alpha value is -2.33. The second-order valence-corrected chi connectivity index (χ2v) is 13.6. The molecule has 0 spiro atoms. The lowest BCUT2D eigenvalue weighted by atomic mass is 9.95. The third-order valence-electron chi connectivity index (χ3n) is 7.99. The fraction of sp³-hybridized carbons (Fsp3) is 0.613. The SMILES string of the molecule is CC[N+](CC)(CC)CCOCCOCCOc1ccc(N2CC(C)(C)CS(=O)(=O)c3ccc(N(C)C)cc32)cc1. The lowest BCUT2D eigenvalue weighted by Crippen LogP contribution is -2.49. The van der Waals surface area contributed by atoms with E-state index in [-0.39, 0.29) is 5.75 Å². The zero-order valence-electron chi connectivity index (χ0n) is 25.6. The van der Waals surface area contributed by atoms with Crippen LogP contribution < -0.4 is 14.5 Å². The number of likely N-dealkylation sites (N-methyl/N-ethyl adjacent to an activating group) is 1. The molecule has 0 fully saturated rings. The van der Waals surface area contributed by atoms with Gasteiger partial charge in [0, 0.05) is 32.0 Å². The molecule has 9 heteroatoms. The van der Waals surface area contributed by atoms with Gasteiger partial charge in [-0.25, -0.2) is 8.42 Å². The van der Waals surface area contributed by atoms with Crippen LogP contribution in [-0.2, 0) is 19.3 Å². The smallest absolute Gasteiger partial charge is 0.181 e. The van der Waals surface area contributed by atoms with Gasteiger partial charge in [-0.1, -0.05) is 13.8 Å². The summed E-state index contributed by atoms with van der Waals surface area (Å²) in [7, 11) is 0.495. The maximum absolute atomic E-state index is 13.3. The highest BCUT2D eigenvalue weighted by Crippen LogP contribution is 2.42. The minimum atomic E-state index is -3.42. The molecule has 1 heterocycles. The first-order valence-corrected chi connectivity index (χ1v) is 16.2. The van der Waals surface area contributed by atoms with Gasteiger partial charge in [0.05, 0.1) is 62.4 Å². The number of sulfone groups is 1. The van der Waals surface area contributed by atoms with Crippen molar-refractivity contribution in [3.05, 3.63) is 42.5 Å². The maximum Gasteiger partial charge on any atom is 0.181 e. The zero-order chi connectivity index (χ0) is 29.4. The molecule has 0 saturated carbocycles. The predicted octanol–water partition coefficient (Wildman–Crippen LogP) is 4.99. The molecule has 0 N–H and O–H groups in total. The number of benzene rings is 2. The lowest BCUT2D eigenvalue weighted by molar-refractivity contribution is -0.923. The molecule has 0 bridgehead atoms. The summed E-state index contributed by atoms with van der Waals surface area (Å²) in [6, 6.07) is 13.4. The third-order valence-corrected chi connectivity index (χ3v) is 10.2. The molecule has 0 saturated heterocycles. The molecule has 0 aromatic heterocycles. The average molecular weight is 577 g/mol. The van der Waals surface area contributed by atoms with Gasteiger partial charge in [0.25, 0.3) is 0 Å². The number of fused-ring (bicyclic) bond motifs is 1. The summed E-state index contributed by atoms with van der Waals surface area (Å²) in [6.07, 6.45) is 0. The summed E-state index contributed by atoms with van der Waals surface area (Å²) in [6.45, 7) is 18.6. The largest absolute Gasteiger partial charge is 0.491 e. The van der Waals surface area contributed by atoms with Gasteiger partial charge in [0.2, 0.25) is 0 Å².